The van der Waals surface area contributed by atoms with Gasteiger partial charge in [0, 0.05) is 12.3 Å². The molecule has 2 rings (SSSR count). The molecule has 0 atom stereocenters. The Hall–Kier alpha value is -2.80. The Labute approximate surface area is 143 Å². The summed E-state index contributed by atoms with van der Waals surface area (Å²) < 4.78 is 15.2. The second-order valence-corrected chi connectivity index (χ2v) is 4.89. The molecule has 0 aliphatic rings. The van der Waals surface area contributed by atoms with Gasteiger partial charge in [-0.05, 0) is 24.3 Å². The molecule has 2 aromatic rings. The summed E-state index contributed by atoms with van der Waals surface area (Å²) in [6.07, 6.45) is 1.45. The molecule has 126 valence electrons. The van der Waals surface area contributed by atoms with Crippen molar-refractivity contribution in [1.29, 1.82) is 0 Å². The van der Waals surface area contributed by atoms with E-state index in [9.17, 15) is 9.59 Å². The molecule has 0 unspecified atom stereocenters. The summed E-state index contributed by atoms with van der Waals surface area (Å²) in [7, 11) is 2.98. The number of nitrogens with zero attached hydrogens (tertiary/aromatic N) is 1. The van der Waals surface area contributed by atoms with Crippen LogP contribution in [0, 0.1) is 0 Å². The first-order chi connectivity index (χ1) is 11.5. The molecule has 1 aromatic heterocycles. The SMILES string of the molecule is COc1ccc(OC)c(NC(=O)COC(=O)c2cccnc2Cl)c1. The molecule has 0 fully saturated rings. The van der Waals surface area contributed by atoms with Gasteiger partial charge in [0.05, 0.1) is 25.5 Å². The van der Waals surface area contributed by atoms with Crippen LogP contribution in [0.2, 0.25) is 5.15 Å². The minimum atomic E-state index is -0.735. The van der Waals surface area contributed by atoms with Crippen molar-refractivity contribution in [2.24, 2.45) is 0 Å². The zero-order valence-corrected chi connectivity index (χ0v) is 13.8. The Balaban J connectivity index is 1.99. The predicted molar refractivity (Wildman–Crippen MR) is 87.7 cm³/mol. The largest absolute Gasteiger partial charge is 0.497 e. The Bertz CT molecular complexity index is 751. The Morgan fingerprint density at radius 1 is 1.21 bits per heavy atom. The topological polar surface area (TPSA) is 86.8 Å². The number of aromatic nitrogens is 1. The predicted octanol–water partition coefficient (Wildman–Crippen LogP) is 2.55. The number of ether oxygens (including phenoxy) is 3. The molecule has 24 heavy (non-hydrogen) atoms. The molecule has 8 heteroatoms. The van der Waals surface area contributed by atoms with Crippen molar-refractivity contribution in [3.05, 3.63) is 47.2 Å². The Kier molecular flexibility index (Phi) is 5.97. The normalized spacial score (nSPS) is 9.96. The van der Waals surface area contributed by atoms with Crippen molar-refractivity contribution in [3.63, 3.8) is 0 Å². The highest BCUT2D eigenvalue weighted by Crippen LogP contribution is 2.28. The standard InChI is InChI=1S/C16H15ClN2O5/c1-22-10-5-6-13(23-2)12(8-10)19-14(20)9-24-16(21)11-4-3-7-18-15(11)17/h3-8H,9H2,1-2H3,(H,19,20). The van der Waals surface area contributed by atoms with Gasteiger partial charge >= 0.3 is 5.97 Å². The van der Waals surface area contributed by atoms with Crippen LogP contribution in [-0.2, 0) is 9.53 Å². The number of benzene rings is 1. The van der Waals surface area contributed by atoms with Gasteiger partial charge in [0.15, 0.2) is 6.61 Å². The fourth-order valence-electron chi connectivity index (χ4n) is 1.85. The lowest BCUT2D eigenvalue weighted by atomic mass is 10.2. The van der Waals surface area contributed by atoms with Gasteiger partial charge in [-0.2, -0.15) is 0 Å². The smallest absolute Gasteiger partial charge is 0.341 e. The second kappa shape index (κ2) is 8.16. The lowest BCUT2D eigenvalue weighted by molar-refractivity contribution is -0.119. The molecule has 0 aliphatic heterocycles. The lowest BCUT2D eigenvalue weighted by Gasteiger charge is -2.12. The van der Waals surface area contributed by atoms with Crippen LogP contribution in [0.1, 0.15) is 10.4 Å². The van der Waals surface area contributed by atoms with Gasteiger partial charge in [-0.3, -0.25) is 4.79 Å². The number of methoxy groups -OCH3 is 2. The summed E-state index contributed by atoms with van der Waals surface area (Å²) in [4.78, 5) is 27.6. The molecule has 7 nitrogen and oxygen atoms in total. The first kappa shape index (κ1) is 17.6. The summed E-state index contributed by atoms with van der Waals surface area (Å²) >= 11 is 5.79. The molecule has 0 bridgehead atoms. The highest BCUT2D eigenvalue weighted by atomic mass is 35.5. The number of amides is 1. The quantitative estimate of drug-likeness (QED) is 0.636. The third-order valence-electron chi connectivity index (χ3n) is 2.99. The van der Waals surface area contributed by atoms with Crippen molar-refractivity contribution >= 4 is 29.2 Å². The number of hydrogen-bond donors (Lipinski definition) is 1. The number of hydrogen-bond acceptors (Lipinski definition) is 6. The summed E-state index contributed by atoms with van der Waals surface area (Å²) in [5.74, 6) is -0.271. The van der Waals surface area contributed by atoms with Gasteiger partial charge in [0.2, 0.25) is 0 Å². The van der Waals surface area contributed by atoms with E-state index in [0.29, 0.717) is 17.2 Å². The first-order valence-corrected chi connectivity index (χ1v) is 7.22. The van der Waals surface area contributed by atoms with Crippen molar-refractivity contribution in [2.75, 3.05) is 26.1 Å². The molecule has 1 aromatic carbocycles. The van der Waals surface area contributed by atoms with Crippen LogP contribution in [0.4, 0.5) is 5.69 Å². The van der Waals surface area contributed by atoms with E-state index in [1.54, 1.807) is 24.3 Å². The number of carbonyl (C=O) groups excluding carboxylic acids is 2. The zero-order chi connectivity index (χ0) is 17.5. The minimum absolute atomic E-state index is 0.0115. The molecule has 0 spiro atoms. The van der Waals surface area contributed by atoms with Crippen LogP contribution in [0.3, 0.4) is 0 Å². The number of carbonyl (C=O) groups is 2. The maximum atomic E-state index is 12.0. The summed E-state index contributed by atoms with van der Waals surface area (Å²) in [5.41, 5.74) is 0.489. The van der Waals surface area contributed by atoms with Crippen LogP contribution in [0.25, 0.3) is 0 Å². The van der Waals surface area contributed by atoms with Gasteiger partial charge < -0.3 is 19.5 Å². The van der Waals surface area contributed by atoms with E-state index in [4.69, 9.17) is 25.8 Å². The van der Waals surface area contributed by atoms with Crippen LogP contribution >= 0.6 is 11.6 Å². The van der Waals surface area contributed by atoms with E-state index in [2.05, 4.69) is 10.3 Å². The van der Waals surface area contributed by atoms with Crippen LogP contribution in [-0.4, -0.2) is 37.7 Å². The molecule has 1 amide bonds. The zero-order valence-electron chi connectivity index (χ0n) is 13.0. The van der Waals surface area contributed by atoms with Crippen molar-refractivity contribution in [3.8, 4) is 11.5 Å². The van der Waals surface area contributed by atoms with E-state index >= 15 is 0 Å². The minimum Gasteiger partial charge on any atom is -0.497 e. The van der Waals surface area contributed by atoms with Crippen molar-refractivity contribution in [2.45, 2.75) is 0 Å². The number of nitrogens with one attached hydrogen (secondary N) is 1. The van der Waals surface area contributed by atoms with Crippen LogP contribution in [0.15, 0.2) is 36.5 Å². The van der Waals surface area contributed by atoms with E-state index < -0.39 is 18.5 Å². The van der Waals surface area contributed by atoms with Crippen molar-refractivity contribution in [1.82, 2.24) is 4.98 Å². The highest BCUT2D eigenvalue weighted by Gasteiger charge is 2.15. The molecule has 1 N–H and O–H groups in total. The third kappa shape index (κ3) is 4.36. The number of pyridine rings is 1. The summed E-state index contributed by atoms with van der Waals surface area (Å²) in [6.45, 7) is -0.482. The van der Waals surface area contributed by atoms with E-state index in [1.807, 2.05) is 0 Å². The van der Waals surface area contributed by atoms with Gasteiger partial charge in [-0.1, -0.05) is 11.6 Å². The number of anilines is 1. The van der Waals surface area contributed by atoms with Crippen LogP contribution in [0.5, 0.6) is 11.5 Å². The van der Waals surface area contributed by atoms with Crippen molar-refractivity contribution < 1.29 is 23.8 Å². The fourth-order valence-corrected chi connectivity index (χ4v) is 2.04. The highest BCUT2D eigenvalue weighted by molar-refractivity contribution is 6.32. The molecule has 0 saturated heterocycles. The molecule has 0 aliphatic carbocycles. The van der Waals surface area contributed by atoms with Gasteiger partial charge in [-0.25, -0.2) is 9.78 Å². The van der Waals surface area contributed by atoms with E-state index in [1.165, 1.54) is 26.5 Å². The molecule has 1 heterocycles. The maximum absolute atomic E-state index is 12.0. The second-order valence-electron chi connectivity index (χ2n) is 4.53. The lowest BCUT2D eigenvalue weighted by Crippen LogP contribution is -2.21. The van der Waals surface area contributed by atoms with Gasteiger partial charge in [0.1, 0.15) is 16.7 Å². The number of rotatable bonds is 6. The van der Waals surface area contributed by atoms with E-state index in [-0.39, 0.29) is 10.7 Å². The average molecular weight is 351 g/mol. The van der Waals surface area contributed by atoms with Gasteiger partial charge in [-0.15, -0.1) is 0 Å². The molecule has 0 saturated carbocycles. The summed E-state index contributed by atoms with van der Waals surface area (Å²) in [6, 6.07) is 7.94. The molecule has 0 radical (unpaired) electrons. The van der Waals surface area contributed by atoms with Crippen LogP contribution < -0.4 is 14.8 Å². The Morgan fingerprint density at radius 2 is 2.00 bits per heavy atom. The summed E-state index contributed by atoms with van der Waals surface area (Å²) in [5, 5.41) is 2.60. The molecular weight excluding hydrogens is 336 g/mol. The monoisotopic (exact) mass is 350 g/mol. The fraction of sp³-hybridized carbons (Fsp3) is 0.188. The molecular formula is C16H15ClN2O5. The number of halogens is 1. The first-order valence-electron chi connectivity index (χ1n) is 6.84. The average Bonchev–Trinajstić information content (AvgIpc) is 2.60. The Morgan fingerprint density at radius 3 is 2.67 bits per heavy atom. The third-order valence-corrected chi connectivity index (χ3v) is 3.30. The van der Waals surface area contributed by atoms with E-state index in [0.717, 1.165) is 0 Å². The number of esters is 1. The maximum Gasteiger partial charge on any atom is 0.341 e. The van der Waals surface area contributed by atoms with Gasteiger partial charge in [0.25, 0.3) is 5.91 Å².